The van der Waals surface area contributed by atoms with Gasteiger partial charge in [0.15, 0.2) is 11.5 Å². The highest BCUT2D eigenvalue weighted by molar-refractivity contribution is 7.09. The minimum absolute atomic E-state index is 0.444. The Balaban J connectivity index is 1.43. The van der Waals surface area contributed by atoms with Gasteiger partial charge in [-0.1, -0.05) is 30.3 Å². The van der Waals surface area contributed by atoms with Gasteiger partial charge in [0.1, 0.15) is 0 Å². The number of aromatic nitrogens is 4. The third-order valence-electron chi connectivity index (χ3n) is 4.46. The van der Waals surface area contributed by atoms with Crippen LogP contribution in [-0.2, 0) is 13.0 Å². The predicted octanol–water partition coefficient (Wildman–Crippen LogP) is 4.22. The first-order chi connectivity index (χ1) is 14.7. The summed E-state index contributed by atoms with van der Waals surface area (Å²) in [4.78, 5) is 9.25. The Morgan fingerprint density at radius 3 is 2.60 bits per heavy atom. The molecule has 152 valence electrons. The number of ether oxygens (including phenoxy) is 2. The molecule has 4 aromatic rings. The average Bonchev–Trinajstić information content (AvgIpc) is 3.25. The maximum atomic E-state index is 5.37. The van der Waals surface area contributed by atoms with Crippen molar-refractivity contribution < 1.29 is 9.47 Å². The van der Waals surface area contributed by atoms with Crippen LogP contribution in [0.15, 0.2) is 60.1 Å². The van der Waals surface area contributed by atoms with E-state index in [9.17, 15) is 0 Å². The molecule has 30 heavy (non-hydrogen) atoms. The Morgan fingerprint density at radius 2 is 1.80 bits per heavy atom. The van der Waals surface area contributed by atoms with Crippen LogP contribution in [0.1, 0.15) is 16.3 Å². The molecule has 8 heteroatoms. The van der Waals surface area contributed by atoms with Crippen molar-refractivity contribution >= 4 is 17.3 Å². The summed E-state index contributed by atoms with van der Waals surface area (Å²) in [7, 11) is 3.21. The van der Waals surface area contributed by atoms with Crippen molar-refractivity contribution in [1.29, 1.82) is 0 Å². The molecule has 0 saturated carbocycles. The number of anilines is 1. The lowest BCUT2D eigenvalue weighted by Gasteiger charge is -2.09. The van der Waals surface area contributed by atoms with Gasteiger partial charge < -0.3 is 14.8 Å². The Morgan fingerprint density at radius 1 is 0.967 bits per heavy atom. The van der Waals surface area contributed by atoms with Crippen LogP contribution in [0, 0.1) is 0 Å². The second-order valence-corrected chi connectivity index (χ2v) is 7.43. The molecule has 0 fully saturated rings. The molecule has 2 aromatic carbocycles. The molecule has 0 unspecified atom stereocenters. The molecule has 0 bridgehead atoms. The van der Waals surface area contributed by atoms with E-state index in [4.69, 9.17) is 14.5 Å². The second kappa shape index (κ2) is 9.32. The molecule has 0 spiro atoms. The molecule has 2 aromatic heterocycles. The molecular weight excluding hydrogens is 398 g/mol. The number of hydrogen-bond donors (Lipinski definition) is 1. The second-order valence-electron chi connectivity index (χ2n) is 6.48. The van der Waals surface area contributed by atoms with E-state index in [1.807, 2.05) is 36.4 Å². The van der Waals surface area contributed by atoms with Gasteiger partial charge in [0.2, 0.25) is 5.95 Å². The highest BCUT2D eigenvalue weighted by atomic mass is 32.1. The summed E-state index contributed by atoms with van der Waals surface area (Å²) in [5.41, 5.74) is 3.76. The van der Waals surface area contributed by atoms with Gasteiger partial charge in [-0.3, -0.25) is 0 Å². The SMILES string of the molecule is COc1ccc(-c2cnnc(NCc3csc(Cc4ccccc4)n3)n2)cc1OC. The smallest absolute Gasteiger partial charge is 0.243 e. The van der Waals surface area contributed by atoms with Crippen LogP contribution in [-0.4, -0.2) is 34.4 Å². The Hall–Kier alpha value is -3.52. The van der Waals surface area contributed by atoms with Crippen molar-refractivity contribution in [2.45, 2.75) is 13.0 Å². The maximum absolute atomic E-state index is 5.37. The van der Waals surface area contributed by atoms with Crippen LogP contribution in [0.5, 0.6) is 11.5 Å². The molecule has 4 rings (SSSR count). The zero-order valence-corrected chi connectivity index (χ0v) is 17.5. The predicted molar refractivity (Wildman–Crippen MR) is 117 cm³/mol. The van der Waals surface area contributed by atoms with Crippen LogP contribution < -0.4 is 14.8 Å². The summed E-state index contributed by atoms with van der Waals surface area (Å²) in [6, 6.07) is 15.9. The number of nitrogens with zero attached hydrogens (tertiary/aromatic N) is 4. The van der Waals surface area contributed by atoms with Crippen LogP contribution >= 0.6 is 11.3 Å². The lowest BCUT2D eigenvalue weighted by Crippen LogP contribution is -2.06. The van der Waals surface area contributed by atoms with Crippen LogP contribution in [0.4, 0.5) is 5.95 Å². The summed E-state index contributed by atoms with van der Waals surface area (Å²) >= 11 is 1.65. The van der Waals surface area contributed by atoms with E-state index < -0.39 is 0 Å². The van der Waals surface area contributed by atoms with Crippen molar-refractivity contribution in [1.82, 2.24) is 20.2 Å². The fourth-order valence-electron chi connectivity index (χ4n) is 2.96. The van der Waals surface area contributed by atoms with Gasteiger partial charge >= 0.3 is 0 Å². The van der Waals surface area contributed by atoms with Crippen molar-refractivity contribution in [3.8, 4) is 22.8 Å². The fraction of sp³-hybridized carbons (Fsp3) is 0.182. The minimum atomic E-state index is 0.444. The van der Waals surface area contributed by atoms with Gasteiger partial charge in [-0.25, -0.2) is 9.97 Å². The first-order valence-electron chi connectivity index (χ1n) is 9.38. The molecule has 0 aliphatic rings. The largest absolute Gasteiger partial charge is 0.493 e. The quantitative estimate of drug-likeness (QED) is 0.458. The van der Waals surface area contributed by atoms with Gasteiger partial charge in [0, 0.05) is 17.4 Å². The molecule has 0 aliphatic heterocycles. The summed E-state index contributed by atoms with van der Waals surface area (Å²) < 4.78 is 10.7. The third-order valence-corrected chi connectivity index (χ3v) is 5.36. The molecular formula is C22H21N5O2S. The summed E-state index contributed by atoms with van der Waals surface area (Å²) in [5.74, 6) is 1.74. The Bertz CT molecular complexity index is 1120. The number of nitrogens with one attached hydrogen (secondary N) is 1. The summed E-state index contributed by atoms with van der Waals surface area (Å²) in [6.07, 6.45) is 2.45. The van der Waals surface area contributed by atoms with Crippen molar-refractivity contribution in [3.05, 3.63) is 76.4 Å². The first kappa shape index (κ1) is 19.8. The van der Waals surface area contributed by atoms with E-state index in [1.165, 1.54) is 5.56 Å². The van der Waals surface area contributed by atoms with Crippen LogP contribution in [0.25, 0.3) is 11.3 Å². The molecule has 1 N–H and O–H groups in total. The highest BCUT2D eigenvalue weighted by Crippen LogP contribution is 2.31. The van der Waals surface area contributed by atoms with Crippen molar-refractivity contribution in [2.24, 2.45) is 0 Å². The molecule has 7 nitrogen and oxygen atoms in total. The van der Waals surface area contributed by atoms with Gasteiger partial charge in [0.05, 0.1) is 43.4 Å². The number of benzene rings is 2. The van der Waals surface area contributed by atoms with Gasteiger partial charge in [-0.2, -0.15) is 5.10 Å². The zero-order chi connectivity index (χ0) is 20.8. The Kier molecular flexibility index (Phi) is 6.14. The monoisotopic (exact) mass is 419 g/mol. The number of thiazole rings is 1. The standard InChI is InChI=1S/C22H21N5O2S/c1-28-19-9-8-16(11-20(19)29-2)18-13-24-27-22(26-18)23-12-17-14-30-21(25-17)10-15-6-4-3-5-7-15/h3-9,11,13-14H,10,12H2,1-2H3,(H,23,26,27). The van der Waals surface area contributed by atoms with Crippen molar-refractivity contribution in [3.63, 3.8) is 0 Å². The molecule has 2 heterocycles. The topological polar surface area (TPSA) is 82.1 Å². The number of methoxy groups -OCH3 is 2. The maximum Gasteiger partial charge on any atom is 0.243 e. The van der Waals surface area contributed by atoms with Crippen LogP contribution in [0.3, 0.4) is 0 Å². The van der Waals surface area contributed by atoms with E-state index in [0.717, 1.165) is 22.7 Å². The summed E-state index contributed by atoms with van der Waals surface area (Å²) in [6.45, 7) is 0.530. The molecule has 0 amide bonds. The van der Waals surface area contributed by atoms with Crippen molar-refractivity contribution in [2.75, 3.05) is 19.5 Å². The van der Waals surface area contributed by atoms with Gasteiger partial charge in [-0.15, -0.1) is 16.4 Å². The average molecular weight is 420 g/mol. The zero-order valence-electron chi connectivity index (χ0n) is 16.7. The lowest BCUT2D eigenvalue weighted by atomic mass is 10.1. The molecule has 0 saturated heterocycles. The third kappa shape index (κ3) is 4.72. The van der Waals surface area contributed by atoms with Gasteiger partial charge in [-0.05, 0) is 23.8 Å². The lowest BCUT2D eigenvalue weighted by molar-refractivity contribution is 0.355. The number of hydrogen-bond acceptors (Lipinski definition) is 8. The summed E-state index contributed by atoms with van der Waals surface area (Å²) in [5, 5.41) is 14.5. The molecule has 0 atom stereocenters. The van der Waals surface area contributed by atoms with Crippen LogP contribution in [0.2, 0.25) is 0 Å². The van der Waals surface area contributed by atoms with E-state index in [0.29, 0.717) is 29.7 Å². The normalized spacial score (nSPS) is 10.6. The fourth-order valence-corrected chi connectivity index (χ4v) is 3.79. The number of rotatable bonds is 8. The molecule has 0 radical (unpaired) electrons. The van der Waals surface area contributed by atoms with E-state index in [1.54, 1.807) is 31.8 Å². The van der Waals surface area contributed by atoms with E-state index in [2.05, 4.69) is 38.0 Å². The van der Waals surface area contributed by atoms with E-state index in [-0.39, 0.29) is 0 Å². The molecule has 0 aliphatic carbocycles. The van der Waals surface area contributed by atoms with E-state index >= 15 is 0 Å². The Labute approximate surface area is 178 Å². The van der Waals surface area contributed by atoms with Gasteiger partial charge in [0.25, 0.3) is 0 Å². The first-order valence-corrected chi connectivity index (χ1v) is 10.3. The minimum Gasteiger partial charge on any atom is -0.493 e. The highest BCUT2D eigenvalue weighted by Gasteiger charge is 2.09.